The van der Waals surface area contributed by atoms with Crippen LogP contribution in [-0.4, -0.2) is 49.3 Å². The van der Waals surface area contributed by atoms with E-state index in [0.29, 0.717) is 17.5 Å². The average Bonchev–Trinajstić information content (AvgIpc) is 3.13. The standard InChI is InChI=1S/C17H24N2O2S/c1-13-11-18-9-3-6-16(18)12-19(13)22(20,21)17-8-7-14-4-2-5-15(14)10-17/h7-8,10,13,16H,2-6,9,11-12H2,1H3. The highest BCUT2D eigenvalue weighted by Crippen LogP contribution is 2.31. The summed E-state index contributed by atoms with van der Waals surface area (Å²) < 4.78 is 27.9. The molecule has 2 saturated heterocycles. The maximum absolute atomic E-state index is 13.1. The van der Waals surface area contributed by atoms with E-state index in [0.717, 1.165) is 38.8 Å². The minimum absolute atomic E-state index is 0.0626. The van der Waals surface area contributed by atoms with E-state index >= 15 is 0 Å². The van der Waals surface area contributed by atoms with Crippen LogP contribution in [0.15, 0.2) is 23.1 Å². The van der Waals surface area contributed by atoms with E-state index in [-0.39, 0.29) is 6.04 Å². The van der Waals surface area contributed by atoms with E-state index in [1.807, 2.05) is 25.1 Å². The minimum atomic E-state index is -3.36. The quantitative estimate of drug-likeness (QED) is 0.837. The molecule has 1 aliphatic carbocycles. The van der Waals surface area contributed by atoms with E-state index < -0.39 is 10.0 Å². The van der Waals surface area contributed by atoms with Gasteiger partial charge in [-0.2, -0.15) is 4.31 Å². The van der Waals surface area contributed by atoms with Crippen molar-refractivity contribution in [3.63, 3.8) is 0 Å². The van der Waals surface area contributed by atoms with Gasteiger partial charge in [0.2, 0.25) is 10.0 Å². The van der Waals surface area contributed by atoms with Crippen LogP contribution in [0.25, 0.3) is 0 Å². The second-order valence-corrected chi connectivity index (χ2v) is 8.89. The van der Waals surface area contributed by atoms with E-state index in [4.69, 9.17) is 0 Å². The fraction of sp³-hybridized carbons (Fsp3) is 0.647. The van der Waals surface area contributed by atoms with Gasteiger partial charge in [0.15, 0.2) is 0 Å². The molecule has 0 N–H and O–H groups in total. The zero-order chi connectivity index (χ0) is 15.3. The number of sulfonamides is 1. The lowest BCUT2D eigenvalue weighted by Gasteiger charge is -2.41. The summed E-state index contributed by atoms with van der Waals surface area (Å²) >= 11 is 0. The predicted molar refractivity (Wildman–Crippen MR) is 86.4 cm³/mol. The molecule has 2 heterocycles. The van der Waals surface area contributed by atoms with Crippen molar-refractivity contribution in [2.24, 2.45) is 0 Å². The summed E-state index contributed by atoms with van der Waals surface area (Å²) in [5.41, 5.74) is 2.56. The van der Waals surface area contributed by atoms with Gasteiger partial charge in [-0.05, 0) is 68.8 Å². The average molecular weight is 320 g/mol. The lowest BCUT2D eigenvalue weighted by atomic mass is 10.1. The Morgan fingerprint density at radius 1 is 1.09 bits per heavy atom. The molecule has 0 spiro atoms. The molecule has 4 nitrogen and oxygen atoms in total. The van der Waals surface area contributed by atoms with Crippen molar-refractivity contribution in [3.05, 3.63) is 29.3 Å². The molecule has 2 unspecified atom stereocenters. The normalized spacial score (nSPS) is 29.5. The molecule has 0 bridgehead atoms. The first-order valence-electron chi connectivity index (χ1n) is 8.43. The van der Waals surface area contributed by atoms with Crippen LogP contribution < -0.4 is 0 Å². The van der Waals surface area contributed by atoms with Crippen LogP contribution in [0.4, 0.5) is 0 Å². The summed E-state index contributed by atoms with van der Waals surface area (Å²) in [6.45, 7) is 4.69. The fourth-order valence-corrected chi connectivity index (χ4v) is 6.05. The molecule has 0 radical (unpaired) electrons. The van der Waals surface area contributed by atoms with Gasteiger partial charge >= 0.3 is 0 Å². The molecule has 1 aromatic rings. The monoisotopic (exact) mass is 320 g/mol. The lowest BCUT2D eigenvalue weighted by Crippen LogP contribution is -2.56. The summed E-state index contributed by atoms with van der Waals surface area (Å²) in [5.74, 6) is 0. The first kappa shape index (κ1) is 14.7. The number of piperazine rings is 1. The lowest BCUT2D eigenvalue weighted by molar-refractivity contribution is 0.117. The van der Waals surface area contributed by atoms with Crippen LogP contribution in [-0.2, 0) is 22.9 Å². The topological polar surface area (TPSA) is 40.6 Å². The predicted octanol–water partition coefficient (Wildman–Crippen LogP) is 2.03. The molecule has 3 aliphatic rings. The number of hydrogen-bond acceptors (Lipinski definition) is 3. The molecule has 1 aromatic carbocycles. The van der Waals surface area contributed by atoms with E-state index in [9.17, 15) is 8.42 Å². The zero-order valence-electron chi connectivity index (χ0n) is 13.2. The van der Waals surface area contributed by atoms with Gasteiger partial charge in [0, 0.05) is 25.2 Å². The summed E-state index contributed by atoms with van der Waals surface area (Å²) in [4.78, 5) is 2.95. The molecule has 120 valence electrons. The number of fused-ring (bicyclic) bond motifs is 2. The van der Waals surface area contributed by atoms with Gasteiger partial charge in [0.25, 0.3) is 0 Å². The second-order valence-electron chi connectivity index (χ2n) is 7.00. The first-order valence-corrected chi connectivity index (χ1v) is 9.87. The van der Waals surface area contributed by atoms with Gasteiger partial charge in [0.1, 0.15) is 0 Å². The summed E-state index contributed by atoms with van der Waals surface area (Å²) in [6.07, 6.45) is 5.58. The highest BCUT2D eigenvalue weighted by molar-refractivity contribution is 7.89. The van der Waals surface area contributed by atoms with Gasteiger partial charge < -0.3 is 0 Å². The number of rotatable bonds is 2. The Hall–Kier alpha value is -0.910. The Morgan fingerprint density at radius 3 is 2.77 bits per heavy atom. The Bertz CT molecular complexity index is 686. The fourth-order valence-electron chi connectivity index (χ4n) is 4.34. The number of nitrogens with zero attached hydrogens (tertiary/aromatic N) is 2. The van der Waals surface area contributed by atoms with Gasteiger partial charge in [-0.15, -0.1) is 0 Å². The van der Waals surface area contributed by atoms with Crippen molar-refractivity contribution in [2.75, 3.05) is 19.6 Å². The minimum Gasteiger partial charge on any atom is -0.297 e. The van der Waals surface area contributed by atoms with Crippen LogP contribution in [0.1, 0.15) is 37.3 Å². The smallest absolute Gasteiger partial charge is 0.243 e. The first-order chi connectivity index (χ1) is 10.6. The molecular weight excluding hydrogens is 296 g/mol. The molecule has 0 saturated carbocycles. The van der Waals surface area contributed by atoms with Crippen molar-refractivity contribution < 1.29 is 8.42 Å². The van der Waals surface area contributed by atoms with E-state index in [1.165, 1.54) is 17.5 Å². The largest absolute Gasteiger partial charge is 0.297 e. The van der Waals surface area contributed by atoms with Crippen LogP contribution in [0, 0.1) is 0 Å². The van der Waals surface area contributed by atoms with Crippen molar-refractivity contribution in [1.82, 2.24) is 9.21 Å². The SMILES string of the molecule is CC1CN2CCCC2CN1S(=O)(=O)c1ccc2c(c1)CCC2. The van der Waals surface area contributed by atoms with Crippen LogP contribution in [0.2, 0.25) is 0 Å². The third kappa shape index (κ3) is 2.30. The highest BCUT2D eigenvalue weighted by Gasteiger charge is 2.40. The van der Waals surface area contributed by atoms with Gasteiger partial charge in [0.05, 0.1) is 4.90 Å². The molecule has 2 fully saturated rings. The highest BCUT2D eigenvalue weighted by atomic mass is 32.2. The molecule has 0 aromatic heterocycles. The Morgan fingerprint density at radius 2 is 1.91 bits per heavy atom. The Kier molecular flexibility index (Phi) is 3.55. The molecule has 0 amide bonds. The van der Waals surface area contributed by atoms with Gasteiger partial charge in [-0.3, -0.25) is 4.90 Å². The third-order valence-corrected chi connectivity index (χ3v) is 7.53. The summed E-state index contributed by atoms with van der Waals surface area (Å²) in [6, 6.07) is 6.23. The van der Waals surface area contributed by atoms with Crippen molar-refractivity contribution in [2.45, 2.75) is 56.0 Å². The van der Waals surface area contributed by atoms with E-state index in [1.54, 1.807) is 4.31 Å². The number of hydrogen-bond donors (Lipinski definition) is 0. The van der Waals surface area contributed by atoms with Gasteiger partial charge in [-0.25, -0.2) is 8.42 Å². The number of aryl methyl sites for hydroxylation is 2. The van der Waals surface area contributed by atoms with Crippen molar-refractivity contribution in [3.8, 4) is 0 Å². The van der Waals surface area contributed by atoms with Gasteiger partial charge in [-0.1, -0.05) is 6.07 Å². The summed E-state index contributed by atoms with van der Waals surface area (Å²) in [5, 5.41) is 0. The van der Waals surface area contributed by atoms with Crippen molar-refractivity contribution >= 4 is 10.0 Å². The molecule has 2 atom stereocenters. The Labute approximate surface area is 133 Å². The Balaban J connectivity index is 1.65. The molecule has 4 rings (SSSR count). The second kappa shape index (κ2) is 5.32. The van der Waals surface area contributed by atoms with Crippen LogP contribution >= 0.6 is 0 Å². The van der Waals surface area contributed by atoms with E-state index in [2.05, 4.69) is 4.90 Å². The number of benzene rings is 1. The molecule has 2 aliphatic heterocycles. The maximum Gasteiger partial charge on any atom is 0.243 e. The summed E-state index contributed by atoms with van der Waals surface area (Å²) in [7, 11) is -3.36. The molecule has 22 heavy (non-hydrogen) atoms. The molecular formula is C17H24N2O2S. The van der Waals surface area contributed by atoms with Crippen LogP contribution in [0.3, 0.4) is 0 Å². The van der Waals surface area contributed by atoms with Crippen LogP contribution in [0.5, 0.6) is 0 Å². The van der Waals surface area contributed by atoms with Crippen molar-refractivity contribution in [1.29, 1.82) is 0 Å². The zero-order valence-corrected chi connectivity index (χ0v) is 14.0. The third-order valence-electron chi connectivity index (χ3n) is 5.56. The molecule has 5 heteroatoms. The maximum atomic E-state index is 13.1.